The van der Waals surface area contributed by atoms with Crippen LogP contribution in [0, 0.1) is 11.8 Å². The SMILES string of the molecule is C1CCN(CCCNC2CC3CCC2C3)CC1. The van der Waals surface area contributed by atoms with Gasteiger partial charge in [0.05, 0.1) is 0 Å². The largest absolute Gasteiger partial charge is 0.314 e. The van der Waals surface area contributed by atoms with E-state index >= 15 is 0 Å². The van der Waals surface area contributed by atoms with E-state index in [2.05, 4.69) is 10.2 Å². The van der Waals surface area contributed by atoms with Gasteiger partial charge >= 0.3 is 0 Å². The van der Waals surface area contributed by atoms with Crippen molar-refractivity contribution in [2.24, 2.45) is 11.8 Å². The molecule has 3 aliphatic rings. The van der Waals surface area contributed by atoms with Crippen LogP contribution in [0.5, 0.6) is 0 Å². The van der Waals surface area contributed by atoms with Crippen LogP contribution in [-0.2, 0) is 0 Å². The lowest BCUT2D eigenvalue weighted by molar-refractivity contribution is 0.223. The molecule has 0 aromatic heterocycles. The second-order valence-corrected chi connectivity index (χ2v) is 6.49. The third kappa shape index (κ3) is 3.03. The molecule has 2 saturated carbocycles. The highest BCUT2D eigenvalue weighted by molar-refractivity contribution is 4.93. The van der Waals surface area contributed by atoms with E-state index in [-0.39, 0.29) is 0 Å². The van der Waals surface area contributed by atoms with Gasteiger partial charge in [-0.15, -0.1) is 0 Å². The lowest BCUT2D eigenvalue weighted by Gasteiger charge is -2.27. The summed E-state index contributed by atoms with van der Waals surface area (Å²) in [6, 6.07) is 0.884. The summed E-state index contributed by atoms with van der Waals surface area (Å²) in [5, 5.41) is 3.83. The van der Waals surface area contributed by atoms with Crippen molar-refractivity contribution >= 4 is 0 Å². The molecule has 3 fully saturated rings. The summed E-state index contributed by atoms with van der Waals surface area (Å²) < 4.78 is 0. The van der Waals surface area contributed by atoms with Gasteiger partial charge in [-0.2, -0.15) is 0 Å². The van der Waals surface area contributed by atoms with Crippen molar-refractivity contribution in [3.8, 4) is 0 Å². The number of hydrogen-bond donors (Lipinski definition) is 1. The first-order valence-electron chi connectivity index (χ1n) is 7.87. The summed E-state index contributed by atoms with van der Waals surface area (Å²) in [5.74, 6) is 2.12. The van der Waals surface area contributed by atoms with Crippen molar-refractivity contribution in [3.63, 3.8) is 0 Å². The molecule has 3 atom stereocenters. The van der Waals surface area contributed by atoms with Crippen LogP contribution in [0.2, 0.25) is 0 Å². The van der Waals surface area contributed by atoms with Crippen molar-refractivity contribution in [1.29, 1.82) is 0 Å². The van der Waals surface area contributed by atoms with E-state index in [0.717, 1.165) is 17.9 Å². The molecule has 2 nitrogen and oxygen atoms in total. The van der Waals surface area contributed by atoms with Crippen molar-refractivity contribution in [2.45, 2.75) is 57.4 Å². The molecule has 0 radical (unpaired) electrons. The molecule has 3 rings (SSSR count). The summed E-state index contributed by atoms with van der Waals surface area (Å²) in [6.07, 6.45) is 11.7. The van der Waals surface area contributed by atoms with E-state index in [9.17, 15) is 0 Å². The smallest absolute Gasteiger partial charge is 0.00980 e. The van der Waals surface area contributed by atoms with Crippen LogP contribution in [0.25, 0.3) is 0 Å². The molecule has 17 heavy (non-hydrogen) atoms. The summed E-state index contributed by atoms with van der Waals surface area (Å²) in [7, 11) is 0. The Kier molecular flexibility index (Phi) is 4.02. The molecule has 0 aromatic rings. The Bertz CT molecular complexity index is 235. The van der Waals surface area contributed by atoms with E-state index < -0.39 is 0 Å². The summed E-state index contributed by atoms with van der Waals surface area (Å²) in [4.78, 5) is 2.66. The van der Waals surface area contributed by atoms with Gasteiger partial charge in [0.1, 0.15) is 0 Å². The number of rotatable bonds is 5. The number of nitrogens with zero attached hydrogens (tertiary/aromatic N) is 1. The zero-order valence-corrected chi connectivity index (χ0v) is 11.2. The average molecular weight is 236 g/mol. The maximum Gasteiger partial charge on any atom is 0.00980 e. The zero-order chi connectivity index (χ0) is 11.5. The van der Waals surface area contributed by atoms with Gasteiger partial charge in [-0.25, -0.2) is 0 Å². The second kappa shape index (κ2) is 5.71. The number of nitrogens with one attached hydrogen (secondary N) is 1. The molecule has 1 saturated heterocycles. The normalized spacial score (nSPS) is 37.8. The first kappa shape index (κ1) is 12.0. The average Bonchev–Trinajstić information content (AvgIpc) is 2.98. The fourth-order valence-corrected chi connectivity index (χ4v) is 4.27. The standard InChI is InChI=1S/C15H28N2/c1-2-8-17(9-3-1)10-4-7-16-15-12-13-5-6-14(15)11-13/h13-16H,1-12H2. The lowest BCUT2D eigenvalue weighted by Crippen LogP contribution is -2.37. The highest BCUT2D eigenvalue weighted by Crippen LogP contribution is 2.44. The maximum absolute atomic E-state index is 3.83. The first-order chi connectivity index (χ1) is 8.42. The van der Waals surface area contributed by atoms with Crippen LogP contribution >= 0.6 is 0 Å². The third-order valence-electron chi connectivity index (χ3n) is 5.24. The van der Waals surface area contributed by atoms with E-state index in [0.29, 0.717) is 0 Å². The van der Waals surface area contributed by atoms with E-state index in [1.165, 1.54) is 77.5 Å². The Morgan fingerprint density at radius 2 is 1.88 bits per heavy atom. The van der Waals surface area contributed by atoms with Crippen LogP contribution < -0.4 is 5.32 Å². The Morgan fingerprint density at radius 3 is 2.59 bits per heavy atom. The molecule has 2 aliphatic carbocycles. The van der Waals surface area contributed by atoms with Crippen LogP contribution in [0.15, 0.2) is 0 Å². The maximum atomic E-state index is 3.83. The molecule has 1 N–H and O–H groups in total. The molecule has 0 spiro atoms. The van der Waals surface area contributed by atoms with Crippen LogP contribution in [0.1, 0.15) is 51.4 Å². The van der Waals surface area contributed by atoms with E-state index in [1.807, 2.05) is 0 Å². The van der Waals surface area contributed by atoms with Gasteiger partial charge in [0.2, 0.25) is 0 Å². The van der Waals surface area contributed by atoms with Gasteiger partial charge < -0.3 is 10.2 Å². The van der Waals surface area contributed by atoms with E-state index in [1.54, 1.807) is 0 Å². The molecule has 0 amide bonds. The molecule has 2 heteroatoms. The molecular formula is C15H28N2. The predicted octanol–water partition coefficient (Wildman–Crippen LogP) is 2.64. The third-order valence-corrected chi connectivity index (χ3v) is 5.24. The Morgan fingerprint density at radius 1 is 1.00 bits per heavy atom. The first-order valence-corrected chi connectivity index (χ1v) is 7.87. The van der Waals surface area contributed by atoms with Gasteiger partial charge in [0.15, 0.2) is 0 Å². The molecular weight excluding hydrogens is 208 g/mol. The highest BCUT2D eigenvalue weighted by atomic mass is 15.1. The van der Waals surface area contributed by atoms with Crippen LogP contribution in [0.3, 0.4) is 0 Å². The van der Waals surface area contributed by atoms with Gasteiger partial charge in [0.25, 0.3) is 0 Å². The predicted molar refractivity (Wildman–Crippen MR) is 72.1 cm³/mol. The molecule has 1 heterocycles. The molecule has 3 unspecified atom stereocenters. The summed E-state index contributed by atoms with van der Waals surface area (Å²) in [5.41, 5.74) is 0. The van der Waals surface area contributed by atoms with Crippen LogP contribution in [-0.4, -0.2) is 37.1 Å². The lowest BCUT2D eigenvalue weighted by atomic mass is 9.95. The number of likely N-dealkylation sites (tertiary alicyclic amines) is 1. The fourth-order valence-electron chi connectivity index (χ4n) is 4.27. The zero-order valence-electron chi connectivity index (χ0n) is 11.2. The van der Waals surface area contributed by atoms with E-state index in [4.69, 9.17) is 0 Å². The number of piperidine rings is 1. The quantitative estimate of drug-likeness (QED) is 0.738. The minimum Gasteiger partial charge on any atom is -0.314 e. The minimum atomic E-state index is 0.884. The second-order valence-electron chi connectivity index (χ2n) is 6.49. The van der Waals surface area contributed by atoms with Gasteiger partial charge in [-0.3, -0.25) is 0 Å². The number of hydrogen-bond acceptors (Lipinski definition) is 2. The fraction of sp³-hybridized carbons (Fsp3) is 1.00. The van der Waals surface area contributed by atoms with Gasteiger partial charge in [-0.05, 0) is 76.5 Å². The molecule has 2 bridgehead atoms. The molecule has 0 aromatic carbocycles. The summed E-state index contributed by atoms with van der Waals surface area (Å²) >= 11 is 0. The van der Waals surface area contributed by atoms with Crippen molar-refractivity contribution in [1.82, 2.24) is 10.2 Å². The Balaban J connectivity index is 1.28. The Hall–Kier alpha value is -0.0800. The molecule has 98 valence electrons. The van der Waals surface area contributed by atoms with Crippen molar-refractivity contribution in [2.75, 3.05) is 26.2 Å². The van der Waals surface area contributed by atoms with Gasteiger partial charge in [-0.1, -0.05) is 12.8 Å². The minimum absolute atomic E-state index is 0.884. The number of fused-ring (bicyclic) bond motifs is 2. The highest BCUT2D eigenvalue weighted by Gasteiger charge is 2.38. The van der Waals surface area contributed by atoms with Gasteiger partial charge in [0, 0.05) is 6.04 Å². The van der Waals surface area contributed by atoms with Crippen LogP contribution in [0.4, 0.5) is 0 Å². The van der Waals surface area contributed by atoms with Crippen molar-refractivity contribution < 1.29 is 0 Å². The topological polar surface area (TPSA) is 15.3 Å². The molecule has 1 aliphatic heterocycles. The Labute approximate surface area is 106 Å². The monoisotopic (exact) mass is 236 g/mol. The van der Waals surface area contributed by atoms with Crippen molar-refractivity contribution in [3.05, 3.63) is 0 Å². The summed E-state index contributed by atoms with van der Waals surface area (Å²) in [6.45, 7) is 5.29.